The predicted octanol–water partition coefficient (Wildman–Crippen LogP) is 1.20. The van der Waals surface area contributed by atoms with Gasteiger partial charge in [0.1, 0.15) is 18.1 Å². The van der Waals surface area contributed by atoms with Crippen LogP contribution in [0.3, 0.4) is 0 Å². The second-order valence-electron chi connectivity index (χ2n) is 5.76. The molecule has 0 unspecified atom stereocenters. The van der Waals surface area contributed by atoms with E-state index in [1.165, 1.54) is 30.3 Å². The van der Waals surface area contributed by atoms with Gasteiger partial charge in [-0.05, 0) is 34.2 Å². The SMILES string of the molecule is COc1ccc(C(N)=O)cc1NC(=O)[C@H](Cc1ccccc1)n1cnnn1. The van der Waals surface area contributed by atoms with Crippen LogP contribution >= 0.6 is 0 Å². The molecular formula is C18H18N6O3. The van der Waals surface area contributed by atoms with E-state index >= 15 is 0 Å². The molecular weight excluding hydrogens is 348 g/mol. The molecule has 2 amide bonds. The molecule has 0 spiro atoms. The molecule has 1 heterocycles. The van der Waals surface area contributed by atoms with Gasteiger partial charge in [0, 0.05) is 12.0 Å². The standard InChI is InChI=1S/C18H18N6O3/c1-27-16-8-7-13(17(19)25)10-14(16)21-18(26)15(24-11-20-22-23-24)9-12-5-3-2-4-6-12/h2-8,10-11,15H,9H2,1H3,(H2,19,25)(H,21,26)/t15-/m0/s1. The number of tetrazole rings is 1. The summed E-state index contributed by atoms with van der Waals surface area (Å²) in [7, 11) is 1.47. The Morgan fingerprint density at radius 1 is 1.22 bits per heavy atom. The smallest absolute Gasteiger partial charge is 0.249 e. The first kappa shape index (κ1) is 18.1. The van der Waals surface area contributed by atoms with E-state index in [1.54, 1.807) is 6.07 Å². The monoisotopic (exact) mass is 366 g/mol. The summed E-state index contributed by atoms with van der Waals surface area (Å²) in [6.07, 6.45) is 1.76. The average Bonchev–Trinajstić information content (AvgIpc) is 3.21. The highest BCUT2D eigenvalue weighted by molar-refractivity contribution is 5.98. The first-order valence-electron chi connectivity index (χ1n) is 8.13. The molecule has 9 heteroatoms. The van der Waals surface area contributed by atoms with E-state index in [0.29, 0.717) is 17.9 Å². The van der Waals surface area contributed by atoms with E-state index in [2.05, 4.69) is 20.8 Å². The fourth-order valence-corrected chi connectivity index (χ4v) is 2.63. The van der Waals surface area contributed by atoms with Gasteiger partial charge in [-0.25, -0.2) is 4.68 Å². The second-order valence-corrected chi connectivity index (χ2v) is 5.76. The van der Waals surface area contributed by atoms with Crippen LogP contribution in [0.2, 0.25) is 0 Å². The molecule has 3 rings (SSSR count). The van der Waals surface area contributed by atoms with Crippen LogP contribution in [0.5, 0.6) is 5.75 Å². The average molecular weight is 366 g/mol. The molecule has 1 atom stereocenters. The zero-order valence-electron chi connectivity index (χ0n) is 14.6. The lowest BCUT2D eigenvalue weighted by Crippen LogP contribution is -2.28. The third-order valence-electron chi connectivity index (χ3n) is 4.00. The van der Waals surface area contributed by atoms with Crippen molar-refractivity contribution < 1.29 is 14.3 Å². The van der Waals surface area contributed by atoms with E-state index in [-0.39, 0.29) is 11.5 Å². The third-order valence-corrected chi connectivity index (χ3v) is 4.00. The lowest BCUT2D eigenvalue weighted by molar-refractivity contribution is -0.119. The van der Waals surface area contributed by atoms with Crippen LogP contribution in [-0.2, 0) is 11.2 Å². The Labute approximate surface area is 155 Å². The molecule has 0 aliphatic rings. The summed E-state index contributed by atoms with van der Waals surface area (Å²) >= 11 is 0. The van der Waals surface area contributed by atoms with Crippen LogP contribution in [0.1, 0.15) is 22.0 Å². The number of ether oxygens (including phenoxy) is 1. The highest BCUT2D eigenvalue weighted by Crippen LogP contribution is 2.27. The Hall–Kier alpha value is -3.75. The molecule has 0 saturated heterocycles. The van der Waals surface area contributed by atoms with Gasteiger partial charge in [-0.15, -0.1) is 5.10 Å². The number of carbonyl (C=O) groups is 2. The summed E-state index contributed by atoms with van der Waals surface area (Å²) in [6.45, 7) is 0. The molecule has 0 fully saturated rings. The first-order valence-corrected chi connectivity index (χ1v) is 8.13. The molecule has 138 valence electrons. The van der Waals surface area contributed by atoms with E-state index in [0.717, 1.165) is 5.56 Å². The number of carbonyl (C=O) groups excluding carboxylic acids is 2. The van der Waals surface area contributed by atoms with Gasteiger partial charge >= 0.3 is 0 Å². The van der Waals surface area contributed by atoms with Crippen LogP contribution in [0.4, 0.5) is 5.69 Å². The number of methoxy groups -OCH3 is 1. The molecule has 0 radical (unpaired) electrons. The maximum Gasteiger partial charge on any atom is 0.249 e. The van der Waals surface area contributed by atoms with Gasteiger partial charge in [0.05, 0.1) is 12.8 Å². The Morgan fingerprint density at radius 3 is 2.63 bits per heavy atom. The molecule has 2 aromatic carbocycles. The number of aromatic nitrogens is 4. The van der Waals surface area contributed by atoms with E-state index in [4.69, 9.17) is 10.5 Å². The minimum Gasteiger partial charge on any atom is -0.495 e. The fraction of sp³-hybridized carbons (Fsp3) is 0.167. The van der Waals surface area contributed by atoms with E-state index in [1.807, 2.05) is 30.3 Å². The van der Waals surface area contributed by atoms with Gasteiger partial charge in [-0.3, -0.25) is 9.59 Å². The molecule has 0 aliphatic carbocycles. The molecule has 27 heavy (non-hydrogen) atoms. The minimum absolute atomic E-state index is 0.258. The number of nitrogens with two attached hydrogens (primary N) is 1. The number of hydrogen-bond acceptors (Lipinski definition) is 6. The molecule has 3 aromatic rings. The molecule has 3 N–H and O–H groups in total. The number of nitrogens with one attached hydrogen (secondary N) is 1. The van der Waals surface area contributed by atoms with Crippen LogP contribution in [0.15, 0.2) is 54.9 Å². The molecule has 0 bridgehead atoms. The third kappa shape index (κ3) is 4.27. The second kappa shape index (κ2) is 8.09. The number of anilines is 1. The molecule has 9 nitrogen and oxygen atoms in total. The fourth-order valence-electron chi connectivity index (χ4n) is 2.63. The number of nitrogens with zero attached hydrogens (tertiary/aromatic N) is 4. The van der Waals surface area contributed by atoms with Gasteiger partial charge in [0.2, 0.25) is 11.8 Å². The van der Waals surface area contributed by atoms with Crippen molar-refractivity contribution >= 4 is 17.5 Å². The molecule has 0 aliphatic heterocycles. The number of amides is 2. The summed E-state index contributed by atoms with van der Waals surface area (Å²) in [4.78, 5) is 24.4. The van der Waals surface area contributed by atoms with Gasteiger partial charge < -0.3 is 15.8 Å². The van der Waals surface area contributed by atoms with Crippen LogP contribution < -0.4 is 15.8 Å². The summed E-state index contributed by atoms with van der Waals surface area (Å²) in [5.41, 5.74) is 6.87. The van der Waals surface area contributed by atoms with E-state index in [9.17, 15) is 9.59 Å². The predicted molar refractivity (Wildman–Crippen MR) is 97.1 cm³/mol. The zero-order valence-corrected chi connectivity index (χ0v) is 14.6. The normalized spacial score (nSPS) is 11.6. The summed E-state index contributed by atoms with van der Waals surface area (Å²) in [5, 5.41) is 13.9. The number of primary amides is 1. The van der Waals surface area contributed by atoms with Crippen molar-refractivity contribution in [2.24, 2.45) is 5.73 Å². The maximum absolute atomic E-state index is 13.0. The van der Waals surface area contributed by atoms with Crippen molar-refractivity contribution in [3.63, 3.8) is 0 Å². The summed E-state index contributed by atoms with van der Waals surface area (Å²) < 4.78 is 6.64. The molecule has 0 saturated carbocycles. The molecule has 1 aromatic heterocycles. The van der Waals surface area contributed by atoms with Crippen LogP contribution in [-0.4, -0.2) is 39.1 Å². The zero-order chi connectivity index (χ0) is 19.2. The van der Waals surface area contributed by atoms with Gasteiger partial charge in [-0.1, -0.05) is 30.3 Å². The minimum atomic E-state index is -0.690. The first-order chi connectivity index (χ1) is 13.1. The Balaban J connectivity index is 1.89. The lowest BCUT2D eigenvalue weighted by atomic mass is 10.1. The lowest BCUT2D eigenvalue weighted by Gasteiger charge is -2.18. The number of benzene rings is 2. The van der Waals surface area contributed by atoms with Crippen molar-refractivity contribution in [3.8, 4) is 5.75 Å². The topological polar surface area (TPSA) is 125 Å². The highest BCUT2D eigenvalue weighted by atomic mass is 16.5. The van der Waals surface area contributed by atoms with Crippen molar-refractivity contribution in [1.82, 2.24) is 20.2 Å². The van der Waals surface area contributed by atoms with Gasteiger partial charge in [0.25, 0.3) is 0 Å². The Bertz CT molecular complexity index is 928. The van der Waals surface area contributed by atoms with Crippen LogP contribution in [0.25, 0.3) is 0 Å². The number of hydrogen-bond donors (Lipinski definition) is 2. The van der Waals surface area contributed by atoms with Gasteiger partial charge in [0.15, 0.2) is 0 Å². The Kier molecular flexibility index (Phi) is 5.41. The van der Waals surface area contributed by atoms with Crippen LogP contribution in [0, 0.1) is 0 Å². The van der Waals surface area contributed by atoms with Crippen molar-refractivity contribution in [2.45, 2.75) is 12.5 Å². The summed E-state index contributed by atoms with van der Waals surface area (Å²) in [5.74, 6) is -0.552. The largest absolute Gasteiger partial charge is 0.495 e. The van der Waals surface area contributed by atoms with E-state index < -0.39 is 11.9 Å². The van der Waals surface area contributed by atoms with Crippen molar-refractivity contribution in [2.75, 3.05) is 12.4 Å². The highest BCUT2D eigenvalue weighted by Gasteiger charge is 2.23. The summed E-state index contributed by atoms with van der Waals surface area (Å²) in [6, 6.07) is 13.4. The Morgan fingerprint density at radius 2 is 2.00 bits per heavy atom. The maximum atomic E-state index is 13.0. The van der Waals surface area contributed by atoms with Gasteiger partial charge in [-0.2, -0.15) is 0 Å². The number of rotatable bonds is 7. The van der Waals surface area contributed by atoms with Crippen molar-refractivity contribution in [3.05, 3.63) is 66.0 Å². The quantitative estimate of drug-likeness (QED) is 0.647. The van der Waals surface area contributed by atoms with Crippen molar-refractivity contribution in [1.29, 1.82) is 0 Å².